The molecule has 16 heavy (non-hydrogen) atoms. The van der Waals surface area contributed by atoms with E-state index in [9.17, 15) is 0 Å². The van der Waals surface area contributed by atoms with E-state index in [1.807, 2.05) is 20.3 Å². The highest BCUT2D eigenvalue weighted by Crippen LogP contribution is 2.23. The predicted molar refractivity (Wildman–Crippen MR) is 61.1 cm³/mol. The van der Waals surface area contributed by atoms with E-state index in [-0.39, 0.29) is 0 Å². The molecule has 5 heteroatoms. The highest BCUT2D eigenvalue weighted by Gasteiger charge is 2.29. The summed E-state index contributed by atoms with van der Waals surface area (Å²) in [6.07, 6.45) is 4.42. The average Bonchev–Trinajstić information content (AvgIpc) is 2.84. The van der Waals surface area contributed by atoms with Crippen LogP contribution in [0.25, 0.3) is 0 Å². The Hall–Kier alpha value is -0.940. The maximum atomic E-state index is 5.61. The van der Waals surface area contributed by atoms with E-state index in [4.69, 9.17) is 4.74 Å². The largest absolute Gasteiger partial charge is 0.378 e. The molecule has 1 fully saturated rings. The lowest BCUT2D eigenvalue weighted by molar-refractivity contribution is 0.117. The Kier molecular flexibility index (Phi) is 3.56. The molecule has 0 aliphatic carbocycles. The van der Waals surface area contributed by atoms with Gasteiger partial charge in [-0.05, 0) is 20.4 Å². The molecule has 2 rings (SSSR count). The molecule has 0 saturated carbocycles. The van der Waals surface area contributed by atoms with Crippen molar-refractivity contribution in [2.24, 2.45) is 13.0 Å². The summed E-state index contributed by atoms with van der Waals surface area (Å²) in [7, 11) is 3.90. The molecule has 0 aromatic carbocycles. The molecule has 90 valence electrons. The van der Waals surface area contributed by atoms with Crippen LogP contribution in [0.4, 0.5) is 0 Å². The molecule has 2 heterocycles. The van der Waals surface area contributed by atoms with Crippen molar-refractivity contribution in [1.29, 1.82) is 0 Å². The zero-order chi connectivity index (χ0) is 11.5. The van der Waals surface area contributed by atoms with Crippen molar-refractivity contribution < 1.29 is 4.74 Å². The number of ether oxygens (including phenoxy) is 1. The molecular formula is C11H20N4O. The first-order valence-electron chi connectivity index (χ1n) is 5.83. The van der Waals surface area contributed by atoms with Crippen molar-refractivity contribution in [3.05, 3.63) is 11.9 Å². The summed E-state index contributed by atoms with van der Waals surface area (Å²) in [6, 6.07) is 0.432. The van der Waals surface area contributed by atoms with Gasteiger partial charge < -0.3 is 10.1 Å². The first-order valence-corrected chi connectivity index (χ1v) is 5.83. The molecule has 3 atom stereocenters. The zero-order valence-electron chi connectivity index (χ0n) is 10.2. The van der Waals surface area contributed by atoms with Crippen LogP contribution < -0.4 is 5.32 Å². The number of aromatic nitrogens is 3. The van der Waals surface area contributed by atoms with E-state index in [0.29, 0.717) is 18.1 Å². The minimum Gasteiger partial charge on any atom is -0.378 e. The van der Waals surface area contributed by atoms with Gasteiger partial charge in [-0.2, -0.15) is 0 Å². The Balaban J connectivity index is 1.95. The Morgan fingerprint density at radius 1 is 1.69 bits per heavy atom. The monoisotopic (exact) mass is 224 g/mol. The first kappa shape index (κ1) is 11.5. The summed E-state index contributed by atoms with van der Waals surface area (Å²) in [4.78, 5) is 0. The van der Waals surface area contributed by atoms with Gasteiger partial charge in [-0.15, -0.1) is 5.10 Å². The summed E-state index contributed by atoms with van der Waals surface area (Å²) < 4.78 is 7.36. The van der Waals surface area contributed by atoms with Crippen LogP contribution in [-0.4, -0.2) is 40.8 Å². The maximum Gasteiger partial charge on any atom is 0.0842 e. The van der Waals surface area contributed by atoms with Crippen LogP contribution >= 0.6 is 0 Å². The smallest absolute Gasteiger partial charge is 0.0842 e. The second-order valence-corrected chi connectivity index (χ2v) is 4.62. The standard InChI is InChI=1S/C11H20N4O/c1-8-4-9(7-16-8)11(12-2)5-10-6-15(3)14-13-10/h6,8-9,11-12H,4-5,7H2,1-3H3. The van der Waals surface area contributed by atoms with Crippen molar-refractivity contribution in [2.75, 3.05) is 13.7 Å². The van der Waals surface area contributed by atoms with Crippen molar-refractivity contribution >= 4 is 0 Å². The van der Waals surface area contributed by atoms with Gasteiger partial charge in [0.1, 0.15) is 0 Å². The fourth-order valence-corrected chi connectivity index (χ4v) is 2.35. The third kappa shape index (κ3) is 2.59. The Morgan fingerprint density at radius 3 is 3.00 bits per heavy atom. The molecular weight excluding hydrogens is 204 g/mol. The van der Waals surface area contributed by atoms with E-state index in [1.54, 1.807) is 4.68 Å². The highest BCUT2D eigenvalue weighted by atomic mass is 16.5. The highest BCUT2D eigenvalue weighted by molar-refractivity contribution is 4.98. The van der Waals surface area contributed by atoms with Crippen molar-refractivity contribution in [3.63, 3.8) is 0 Å². The van der Waals surface area contributed by atoms with Crippen molar-refractivity contribution in [2.45, 2.75) is 31.9 Å². The van der Waals surface area contributed by atoms with Crippen molar-refractivity contribution in [1.82, 2.24) is 20.3 Å². The number of hydrogen-bond donors (Lipinski definition) is 1. The van der Waals surface area contributed by atoms with E-state index >= 15 is 0 Å². The normalized spacial score (nSPS) is 27.2. The minimum absolute atomic E-state index is 0.391. The SMILES string of the molecule is CNC(Cc1cn(C)nn1)C1COC(C)C1. The summed E-state index contributed by atoms with van der Waals surface area (Å²) in [5.74, 6) is 0.585. The molecule has 1 saturated heterocycles. The average molecular weight is 224 g/mol. The van der Waals surface area contributed by atoms with Gasteiger partial charge in [0.05, 0.1) is 18.4 Å². The van der Waals surface area contributed by atoms with Crippen molar-refractivity contribution in [3.8, 4) is 0 Å². The summed E-state index contributed by atoms with van der Waals surface area (Å²) in [5.41, 5.74) is 1.04. The molecule has 0 bridgehead atoms. The molecule has 1 aliphatic rings. The maximum absolute atomic E-state index is 5.61. The molecule has 1 aromatic heterocycles. The zero-order valence-corrected chi connectivity index (χ0v) is 10.2. The molecule has 0 spiro atoms. The second kappa shape index (κ2) is 4.93. The summed E-state index contributed by atoms with van der Waals surface area (Å²) >= 11 is 0. The minimum atomic E-state index is 0.391. The quantitative estimate of drug-likeness (QED) is 0.803. The van der Waals surface area contributed by atoms with Crippen LogP contribution in [0.3, 0.4) is 0 Å². The van der Waals surface area contributed by atoms with Crippen LogP contribution in [0.5, 0.6) is 0 Å². The van der Waals surface area contributed by atoms with Crippen LogP contribution in [0.15, 0.2) is 6.20 Å². The van der Waals surface area contributed by atoms with E-state index < -0.39 is 0 Å². The lowest BCUT2D eigenvalue weighted by Gasteiger charge is -2.20. The Morgan fingerprint density at radius 2 is 2.50 bits per heavy atom. The molecule has 3 unspecified atom stereocenters. The predicted octanol–water partition coefficient (Wildman–Crippen LogP) is 0.371. The number of nitrogens with one attached hydrogen (secondary N) is 1. The van der Waals surface area contributed by atoms with Gasteiger partial charge in [-0.1, -0.05) is 5.21 Å². The molecule has 0 radical (unpaired) electrons. The molecule has 1 aliphatic heterocycles. The van der Waals surface area contributed by atoms with E-state index in [2.05, 4.69) is 22.6 Å². The Labute approximate surface area is 96.2 Å². The molecule has 1 aromatic rings. The van der Waals surface area contributed by atoms with Crippen LogP contribution in [-0.2, 0) is 18.2 Å². The fourth-order valence-electron chi connectivity index (χ4n) is 2.35. The fraction of sp³-hybridized carbons (Fsp3) is 0.818. The van der Waals surface area contributed by atoms with Gasteiger partial charge in [0.15, 0.2) is 0 Å². The topological polar surface area (TPSA) is 52.0 Å². The summed E-state index contributed by atoms with van der Waals surface area (Å²) in [5, 5.41) is 11.4. The van der Waals surface area contributed by atoms with Gasteiger partial charge in [-0.3, -0.25) is 4.68 Å². The number of likely N-dealkylation sites (N-methyl/N-ethyl adjacent to an activating group) is 1. The number of nitrogens with zero attached hydrogens (tertiary/aromatic N) is 3. The molecule has 1 N–H and O–H groups in total. The van der Waals surface area contributed by atoms with Gasteiger partial charge in [0.25, 0.3) is 0 Å². The third-order valence-corrected chi connectivity index (χ3v) is 3.25. The molecule has 0 amide bonds. The summed E-state index contributed by atoms with van der Waals surface area (Å²) in [6.45, 7) is 2.99. The number of hydrogen-bond acceptors (Lipinski definition) is 4. The number of aryl methyl sites for hydroxylation is 1. The lowest BCUT2D eigenvalue weighted by Crippen LogP contribution is -2.36. The second-order valence-electron chi connectivity index (χ2n) is 4.62. The molecule has 5 nitrogen and oxygen atoms in total. The van der Waals surface area contributed by atoms with Gasteiger partial charge in [-0.25, -0.2) is 0 Å². The first-order chi connectivity index (χ1) is 7.69. The van der Waals surface area contributed by atoms with Gasteiger partial charge in [0.2, 0.25) is 0 Å². The van der Waals surface area contributed by atoms with Gasteiger partial charge >= 0.3 is 0 Å². The number of rotatable bonds is 4. The van der Waals surface area contributed by atoms with Gasteiger partial charge in [0, 0.05) is 31.6 Å². The van der Waals surface area contributed by atoms with Crippen LogP contribution in [0.2, 0.25) is 0 Å². The van der Waals surface area contributed by atoms with Crippen LogP contribution in [0.1, 0.15) is 19.0 Å². The Bertz CT molecular complexity index is 338. The van der Waals surface area contributed by atoms with E-state index in [0.717, 1.165) is 25.1 Å². The van der Waals surface area contributed by atoms with Crippen LogP contribution in [0, 0.1) is 5.92 Å². The van der Waals surface area contributed by atoms with E-state index in [1.165, 1.54) is 0 Å². The lowest BCUT2D eigenvalue weighted by atomic mass is 9.93. The third-order valence-electron chi connectivity index (χ3n) is 3.25.